The first-order chi connectivity index (χ1) is 7.81. The Labute approximate surface area is 97.9 Å². The second kappa shape index (κ2) is 6.94. The number of allylic oxidation sites excluding steroid dienone is 1. The normalized spacial score (nSPS) is 10.7. The zero-order valence-corrected chi connectivity index (χ0v) is 10.2. The van der Waals surface area contributed by atoms with Crippen molar-refractivity contribution in [2.24, 2.45) is 0 Å². The maximum Gasteiger partial charge on any atom is 0.161 e. The molecule has 0 bridgehead atoms. The quantitative estimate of drug-likeness (QED) is 0.726. The van der Waals surface area contributed by atoms with E-state index in [9.17, 15) is 0 Å². The molecule has 1 radical (unpaired) electrons. The molecule has 0 spiro atoms. The molecule has 16 heavy (non-hydrogen) atoms. The fourth-order valence-corrected chi connectivity index (χ4v) is 1.38. The summed E-state index contributed by atoms with van der Waals surface area (Å²) in [5, 5.41) is 0. The molecule has 1 rings (SSSR count). The van der Waals surface area contributed by atoms with Crippen molar-refractivity contribution in [1.82, 2.24) is 0 Å². The van der Waals surface area contributed by atoms with E-state index in [1.807, 2.05) is 38.1 Å². The summed E-state index contributed by atoms with van der Waals surface area (Å²) in [6, 6.07) is 5.94. The fourth-order valence-electron chi connectivity index (χ4n) is 1.38. The van der Waals surface area contributed by atoms with Crippen LogP contribution in [0.1, 0.15) is 32.8 Å². The Kier molecular flexibility index (Phi) is 5.48. The Hall–Kier alpha value is -1.44. The molecule has 0 amide bonds. The van der Waals surface area contributed by atoms with Crippen molar-refractivity contribution < 1.29 is 9.47 Å². The van der Waals surface area contributed by atoms with Crippen LogP contribution in [0.5, 0.6) is 11.5 Å². The Morgan fingerprint density at radius 1 is 1.06 bits per heavy atom. The summed E-state index contributed by atoms with van der Waals surface area (Å²) < 4.78 is 11.0. The fraction of sp³-hybridized carbons (Fsp3) is 0.429. The van der Waals surface area contributed by atoms with Gasteiger partial charge in [0.1, 0.15) is 0 Å². The van der Waals surface area contributed by atoms with E-state index in [4.69, 9.17) is 9.47 Å². The minimum absolute atomic E-state index is 0.644. The molecule has 0 N–H and O–H groups in total. The summed E-state index contributed by atoms with van der Waals surface area (Å²) in [4.78, 5) is 0. The minimum atomic E-state index is 0.644. The van der Waals surface area contributed by atoms with E-state index < -0.39 is 0 Å². The Balaban J connectivity index is 2.92. The number of hydrogen-bond acceptors (Lipinski definition) is 2. The lowest BCUT2D eigenvalue weighted by atomic mass is 10.2. The van der Waals surface area contributed by atoms with Crippen LogP contribution in [-0.2, 0) is 0 Å². The van der Waals surface area contributed by atoms with Crippen molar-refractivity contribution in [1.29, 1.82) is 0 Å². The van der Waals surface area contributed by atoms with Gasteiger partial charge < -0.3 is 9.47 Å². The van der Waals surface area contributed by atoms with Crippen molar-refractivity contribution in [2.45, 2.75) is 27.2 Å². The summed E-state index contributed by atoms with van der Waals surface area (Å²) >= 11 is 0. The first kappa shape index (κ1) is 12.6. The van der Waals surface area contributed by atoms with Gasteiger partial charge in [0, 0.05) is 0 Å². The van der Waals surface area contributed by atoms with E-state index >= 15 is 0 Å². The van der Waals surface area contributed by atoms with E-state index in [0.29, 0.717) is 13.2 Å². The summed E-state index contributed by atoms with van der Waals surface area (Å²) in [6.07, 6.45) is 6.05. The van der Waals surface area contributed by atoms with Crippen LogP contribution in [0.15, 0.2) is 18.2 Å². The standard InChI is InChI=1S/C14H19O2/c1-4-7-8-12-9-10-13(15-5-2)14(11-12)16-6-3/h8-11H,4-6H2,1-3H3. The van der Waals surface area contributed by atoms with Crippen LogP contribution in [-0.4, -0.2) is 13.2 Å². The lowest BCUT2D eigenvalue weighted by Crippen LogP contribution is -1.98. The highest BCUT2D eigenvalue weighted by atomic mass is 16.5. The van der Waals surface area contributed by atoms with Crippen LogP contribution in [0.2, 0.25) is 0 Å². The van der Waals surface area contributed by atoms with Gasteiger partial charge in [-0.15, -0.1) is 0 Å². The Morgan fingerprint density at radius 3 is 2.38 bits per heavy atom. The molecule has 1 aromatic rings. The molecule has 2 nitrogen and oxygen atoms in total. The first-order valence-corrected chi connectivity index (χ1v) is 5.78. The molecule has 2 heteroatoms. The van der Waals surface area contributed by atoms with Gasteiger partial charge in [0.2, 0.25) is 0 Å². The van der Waals surface area contributed by atoms with E-state index in [1.165, 1.54) is 0 Å². The number of ether oxygens (including phenoxy) is 2. The predicted octanol–water partition coefficient (Wildman–Crippen LogP) is 3.71. The lowest BCUT2D eigenvalue weighted by molar-refractivity contribution is 0.287. The smallest absolute Gasteiger partial charge is 0.161 e. The van der Waals surface area contributed by atoms with Gasteiger partial charge in [-0.3, -0.25) is 0 Å². The van der Waals surface area contributed by atoms with Crippen LogP contribution < -0.4 is 9.47 Å². The monoisotopic (exact) mass is 219 g/mol. The third kappa shape index (κ3) is 3.61. The molecule has 0 fully saturated rings. The lowest BCUT2D eigenvalue weighted by Gasteiger charge is -2.11. The molecular weight excluding hydrogens is 200 g/mol. The van der Waals surface area contributed by atoms with Gasteiger partial charge in [-0.1, -0.05) is 19.1 Å². The second-order valence-electron chi connectivity index (χ2n) is 3.27. The highest BCUT2D eigenvalue weighted by Gasteiger charge is 2.04. The Morgan fingerprint density at radius 2 is 1.75 bits per heavy atom. The van der Waals surface area contributed by atoms with Crippen molar-refractivity contribution >= 4 is 6.08 Å². The first-order valence-electron chi connectivity index (χ1n) is 5.78. The summed E-state index contributed by atoms with van der Waals surface area (Å²) in [5.41, 5.74) is 1.09. The van der Waals surface area contributed by atoms with E-state index in [-0.39, 0.29) is 0 Å². The van der Waals surface area contributed by atoms with Crippen LogP contribution in [0.4, 0.5) is 0 Å². The molecule has 0 aliphatic rings. The third-order valence-corrected chi connectivity index (χ3v) is 2.04. The molecule has 0 saturated carbocycles. The molecule has 87 valence electrons. The molecule has 0 aliphatic heterocycles. The van der Waals surface area contributed by atoms with Gasteiger partial charge in [-0.05, 0) is 44.0 Å². The number of rotatable bonds is 6. The van der Waals surface area contributed by atoms with Gasteiger partial charge in [-0.25, -0.2) is 0 Å². The van der Waals surface area contributed by atoms with Gasteiger partial charge >= 0.3 is 0 Å². The average Bonchev–Trinajstić information content (AvgIpc) is 2.30. The van der Waals surface area contributed by atoms with Crippen LogP contribution in [0, 0.1) is 6.08 Å². The molecule has 0 heterocycles. The molecule has 0 aliphatic carbocycles. The summed E-state index contributed by atoms with van der Waals surface area (Å²) in [6.45, 7) is 7.29. The molecule has 0 saturated heterocycles. The van der Waals surface area contributed by atoms with Gasteiger partial charge in [-0.2, -0.15) is 0 Å². The largest absolute Gasteiger partial charge is 0.490 e. The summed E-state index contributed by atoms with van der Waals surface area (Å²) in [7, 11) is 0. The summed E-state index contributed by atoms with van der Waals surface area (Å²) in [5.74, 6) is 1.61. The molecular formula is C14H19O2. The van der Waals surface area contributed by atoms with Gasteiger partial charge in [0.25, 0.3) is 0 Å². The minimum Gasteiger partial charge on any atom is -0.490 e. The zero-order chi connectivity index (χ0) is 11.8. The average molecular weight is 219 g/mol. The van der Waals surface area contributed by atoms with Gasteiger partial charge in [0.15, 0.2) is 11.5 Å². The molecule has 1 aromatic carbocycles. The van der Waals surface area contributed by atoms with Crippen LogP contribution in [0.3, 0.4) is 0 Å². The van der Waals surface area contributed by atoms with Crippen LogP contribution in [0.25, 0.3) is 6.08 Å². The highest BCUT2D eigenvalue weighted by molar-refractivity contribution is 5.54. The number of benzene rings is 1. The van der Waals surface area contributed by atoms with Crippen molar-refractivity contribution in [3.05, 3.63) is 29.8 Å². The molecule has 0 aromatic heterocycles. The topological polar surface area (TPSA) is 18.5 Å². The van der Waals surface area contributed by atoms with E-state index in [0.717, 1.165) is 23.5 Å². The maximum atomic E-state index is 5.54. The third-order valence-electron chi connectivity index (χ3n) is 2.04. The van der Waals surface area contributed by atoms with Crippen molar-refractivity contribution in [2.75, 3.05) is 13.2 Å². The van der Waals surface area contributed by atoms with E-state index in [2.05, 4.69) is 13.0 Å². The highest BCUT2D eigenvalue weighted by Crippen LogP contribution is 2.28. The molecule has 0 atom stereocenters. The Bertz CT molecular complexity index is 343. The van der Waals surface area contributed by atoms with Crippen molar-refractivity contribution in [3.8, 4) is 11.5 Å². The molecule has 0 unspecified atom stereocenters. The van der Waals surface area contributed by atoms with Crippen molar-refractivity contribution in [3.63, 3.8) is 0 Å². The maximum absolute atomic E-state index is 5.54. The van der Waals surface area contributed by atoms with Gasteiger partial charge in [0.05, 0.1) is 13.2 Å². The van der Waals surface area contributed by atoms with E-state index in [1.54, 1.807) is 0 Å². The van der Waals surface area contributed by atoms with Crippen LogP contribution >= 0.6 is 0 Å². The SMILES string of the molecule is CC[C]=Cc1ccc(OCC)c(OCC)c1. The number of hydrogen-bond donors (Lipinski definition) is 0. The second-order valence-corrected chi connectivity index (χ2v) is 3.27. The predicted molar refractivity (Wildman–Crippen MR) is 66.8 cm³/mol. The zero-order valence-electron chi connectivity index (χ0n) is 10.2.